The number of benzene rings is 3. The summed E-state index contributed by atoms with van der Waals surface area (Å²) in [6.45, 7) is 4.86. The minimum atomic E-state index is -0.903. The lowest BCUT2D eigenvalue weighted by atomic mass is 9.95. The Hall–Kier alpha value is -6.14. The molecule has 2 aromatic heterocycles. The lowest BCUT2D eigenvalue weighted by Gasteiger charge is -2.11. The van der Waals surface area contributed by atoms with E-state index in [1.165, 1.54) is 0 Å². The molecule has 0 bridgehead atoms. The highest BCUT2D eigenvalue weighted by Crippen LogP contribution is 2.26. The Morgan fingerprint density at radius 2 is 1.06 bits per heavy atom. The summed E-state index contributed by atoms with van der Waals surface area (Å²) in [5.74, 6) is -2.87. The summed E-state index contributed by atoms with van der Waals surface area (Å²) < 4.78 is 13.6. The largest absolute Gasteiger partial charge is 0.465 e. The summed E-state index contributed by atoms with van der Waals surface area (Å²) in [5, 5.41) is 36.4. The van der Waals surface area contributed by atoms with Gasteiger partial charge in [-0.25, -0.2) is 9.36 Å². The number of hydrogen-bond donors (Lipinski definition) is 0. The Morgan fingerprint density at radius 1 is 0.667 bits per heavy atom. The van der Waals surface area contributed by atoms with Gasteiger partial charge in [-0.3, -0.25) is 9.59 Å². The maximum Gasteiger partial charge on any atom is 0.323 e. The Balaban J connectivity index is 1.23. The molecule has 3 aromatic carbocycles. The van der Waals surface area contributed by atoms with E-state index in [-0.39, 0.29) is 26.1 Å². The van der Waals surface area contributed by atoms with Gasteiger partial charge in [-0.2, -0.15) is 10.5 Å². The van der Waals surface area contributed by atoms with Crippen molar-refractivity contribution in [3.8, 4) is 34.7 Å². The Morgan fingerprint density at radius 3 is 1.44 bits per heavy atom. The summed E-state index contributed by atoms with van der Waals surface area (Å²) in [7, 11) is 0. The smallest absolute Gasteiger partial charge is 0.323 e. The molecule has 0 radical (unpaired) electrons. The molecule has 2 unspecified atom stereocenters. The zero-order chi connectivity index (χ0) is 33.9. The van der Waals surface area contributed by atoms with E-state index in [9.17, 15) is 20.1 Å². The van der Waals surface area contributed by atoms with Gasteiger partial charge in [0.2, 0.25) is 0 Å². The molecule has 0 saturated carbocycles. The molecule has 0 aliphatic rings. The van der Waals surface area contributed by atoms with Gasteiger partial charge in [0, 0.05) is 11.1 Å². The van der Waals surface area contributed by atoms with E-state index in [0.29, 0.717) is 24.5 Å². The van der Waals surface area contributed by atoms with Gasteiger partial charge in [-0.1, -0.05) is 83.2 Å². The molecule has 0 aliphatic heterocycles. The van der Waals surface area contributed by atoms with Crippen molar-refractivity contribution in [3.05, 3.63) is 107 Å². The van der Waals surface area contributed by atoms with Crippen LogP contribution < -0.4 is 0 Å². The van der Waals surface area contributed by atoms with Crippen molar-refractivity contribution < 1.29 is 19.1 Å². The molecule has 0 amide bonds. The van der Waals surface area contributed by atoms with Gasteiger partial charge in [-0.05, 0) is 48.9 Å². The van der Waals surface area contributed by atoms with Crippen molar-refractivity contribution in [2.45, 2.75) is 39.8 Å². The third-order valence-electron chi connectivity index (χ3n) is 7.68. The van der Waals surface area contributed by atoms with E-state index in [1.807, 2.05) is 97.3 Å². The molecule has 48 heavy (non-hydrogen) atoms. The van der Waals surface area contributed by atoms with E-state index < -0.39 is 23.8 Å². The zero-order valence-corrected chi connectivity index (χ0v) is 26.7. The molecule has 0 spiro atoms. The standard InChI is InChI=1S/C36H34N8O4/c1-3-47-35(45)29(19-37)17-27-9-5-7-11-31(27)33-23-43(41-39-33)21-25-13-15-26(16-14-25)22-44-24-34(40-42-44)32-12-8-6-10-28(32)18-30(20-38)36(46)48-4-2/h5-16,23-24,29-30H,3-4,17-18,21-22H2,1-2H3. The molecule has 0 N–H and O–H groups in total. The molecule has 242 valence electrons. The van der Waals surface area contributed by atoms with E-state index in [1.54, 1.807) is 23.2 Å². The second-order valence-corrected chi connectivity index (χ2v) is 11.0. The van der Waals surface area contributed by atoms with Crippen LogP contribution in [0.2, 0.25) is 0 Å². The molecule has 5 aromatic rings. The molecule has 12 nitrogen and oxygen atoms in total. The predicted octanol–water partition coefficient (Wildman–Crippen LogP) is 4.79. The summed E-state index contributed by atoms with van der Waals surface area (Å²) in [6, 6.07) is 27.2. The first kappa shape index (κ1) is 33.2. The van der Waals surface area contributed by atoms with E-state index in [4.69, 9.17) is 9.47 Å². The maximum absolute atomic E-state index is 12.2. The minimum absolute atomic E-state index is 0.219. The number of carbonyl (C=O) groups excluding carboxylic acids is 2. The first-order valence-corrected chi connectivity index (χ1v) is 15.6. The second-order valence-electron chi connectivity index (χ2n) is 11.0. The second kappa shape index (κ2) is 15.9. The van der Waals surface area contributed by atoms with Crippen LogP contribution in [0.4, 0.5) is 0 Å². The highest BCUT2D eigenvalue weighted by molar-refractivity contribution is 5.77. The van der Waals surface area contributed by atoms with Crippen LogP contribution in [0.15, 0.2) is 85.2 Å². The third-order valence-corrected chi connectivity index (χ3v) is 7.68. The number of hydrogen-bond acceptors (Lipinski definition) is 10. The summed E-state index contributed by atoms with van der Waals surface area (Å²) in [5.41, 5.74) is 6.59. The van der Waals surface area contributed by atoms with Crippen LogP contribution in [0, 0.1) is 34.5 Å². The Bertz CT molecular complexity index is 1810. The maximum atomic E-state index is 12.2. The Labute approximate surface area is 278 Å². The van der Waals surface area contributed by atoms with Crippen molar-refractivity contribution >= 4 is 11.9 Å². The van der Waals surface area contributed by atoms with Gasteiger partial charge in [0.05, 0.1) is 50.8 Å². The van der Waals surface area contributed by atoms with E-state index >= 15 is 0 Å². The zero-order valence-electron chi connectivity index (χ0n) is 26.7. The highest BCUT2D eigenvalue weighted by Gasteiger charge is 2.23. The average Bonchev–Trinajstić information content (AvgIpc) is 3.77. The fraction of sp³-hybridized carbons (Fsp3) is 0.278. The number of ether oxygens (including phenoxy) is 2. The number of esters is 2. The van der Waals surface area contributed by atoms with Crippen molar-refractivity contribution in [1.82, 2.24) is 30.0 Å². The molecule has 2 heterocycles. The highest BCUT2D eigenvalue weighted by atomic mass is 16.5. The first-order valence-electron chi connectivity index (χ1n) is 15.6. The lowest BCUT2D eigenvalue weighted by Crippen LogP contribution is -2.18. The van der Waals surface area contributed by atoms with Crippen LogP contribution >= 0.6 is 0 Å². The van der Waals surface area contributed by atoms with Crippen LogP contribution in [0.5, 0.6) is 0 Å². The Kier molecular flexibility index (Phi) is 11.0. The van der Waals surface area contributed by atoms with Crippen LogP contribution in [0.1, 0.15) is 36.1 Å². The molecular formula is C36H34N8O4. The van der Waals surface area contributed by atoms with E-state index in [2.05, 4.69) is 20.6 Å². The average molecular weight is 643 g/mol. The van der Waals surface area contributed by atoms with Crippen LogP contribution in [-0.2, 0) is 45.0 Å². The predicted molar refractivity (Wildman–Crippen MR) is 174 cm³/mol. The summed E-state index contributed by atoms with van der Waals surface area (Å²) >= 11 is 0. The van der Waals surface area contributed by atoms with Crippen molar-refractivity contribution in [2.75, 3.05) is 13.2 Å². The fourth-order valence-electron chi connectivity index (χ4n) is 5.31. The first-order chi connectivity index (χ1) is 23.4. The van der Waals surface area contributed by atoms with Gasteiger partial charge in [0.25, 0.3) is 0 Å². The van der Waals surface area contributed by atoms with Gasteiger partial charge >= 0.3 is 11.9 Å². The van der Waals surface area contributed by atoms with Gasteiger partial charge < -0.3 is 9.47 Å². The number of carbonyl (C=O) groups is 2. The van der Waals surface area contributed by atoms with E-state index in [0.717, 1.165) is 33.4 Å². The summed E-state index contributed by atoms with van der Waals surface area (Å²) in [6.07, 6.45) is 4.13. The minimum Gasteiger partial charge on any atom is -0.465 e. The number of nitrogens with zero attached hydrogens (tertiary/aromatic N) is 8. The molecule has 0 saturated heterocycles. The van der Waals surface area contributed by atoms with Crippen molar-refractivity contribution in [2.24, 2.45) is 11.8 Å². The quantitative estimate of drug-likeness (QED) is 0.154. The van der Waals surface area contributed by atoms with Gasteiger partial charge in [0.15, 0.2) is 0 Å². The van der Waals surface area contributed by atoms with Crippen LogP contribution in [0.25, 0.3) is 22.5 Å². The molecule has 2 atom stereocenters. The van der Waals surface area contributed by atoms with Gasteiger partial charge in [-0.15, -0.1) is 10.2 Å². The molecule has 0 aliphatic carbocycles. The SMILES string of the molecule is CCOC(=O)C(C#N)Cc1ccccc1-c1cn(Cc2ccc(Cn3cc(-c4ccccc4CC(C#N)C(=O)OCC)nn3)cc2)nn1. The molecule has 12 heteroatoms. The van der Waals surface area contributed by atoms with Crippen molar-refractivity contribution in [3.63, 3.8) is 0 Å². The molecule has 5 rings (SSSR count). The van der Waals surface area contributed by atoms with Gasteiger partial charge in [0.1, 0.15) is 23.2 Å². The number of aromatic nitrogens is 6. The van der Waals surface area contributed by atoms with Crippen molar-refractivity contribution in [1.29, 1.82) is 10.5 Å². The monoisotopic (exact) mass is 642 g/mol. The lowest BCUT2D eigenvalue weighted by molar-refractivity contribution is -0.146. The topological polar surface area (TPSA) is 162 Å². The molecule has 0 fully saturated rings. The summed E-state index contributed by atoms with van der Waals surface area (Å²) in [4.78, 5) is 24.4. The number of rotatable bonds is 14. The normalized spacial score (nSPS) is 12.0. The number of nitriles is 2. The van der Waals surface area contributed by atoms with Crippen LogP contribution in [-0.4, -0.2) is 55.1 Å². The van der Waals surface area contributed by atoms with Crippen LogP contribution in [0.3, 0.4) is 0 Å². The molecular weight excluding hydrogens is 608 g/mol. The third kappa shape index (κ3) is 8.17. The fourth-order valence-corrected chi connectivity index (χ4v) is 5.31.